The van der Waals surface area contributed by atoms with Crippen LogP contribution in [0.15, 0.2) is 97.2 Å². The first-order valence-electron chi connectivity index (χ1n) is 28.7. The van der Waals surface area contributed by atoms with E-state index in [0.717, 1.165) is 122 Å². The number of carbonyl (C=O) groups is 3. The van der Waals surface area contributed by atoms with Gasteiger partial charge in [0.1, 0.15) is 13.2 Å². The lowest BCUT2D eigenvalue weighted by Crippen LogP contribution is -2.30. The summed E-state index contributed by atoms with van der Waals surface area (Å²) in [6.07, 6.45) is 75.6. The molecule has 394 valence electrons. The van der Waals surface area contributed by atoms with Crippen molar-refractivity contribution in [2.24, 2.45) is 0 Å². The fraction of sp³-hybridized carbons (Fsp3) is 0.698. The molecule has 0 amide bonds. The Morgan fingerprint density at radius 1 is 0.304 bits per heavy atom. The van der Waals surface area contributed by atoms with Gasteiger partial charge in [0, 0.05) is 19.3 Å². The van der Waals surface area contributed by atoms with Gasteiger partial charge in [-0.25, -0.2) is 0 Å². The molecule has 0 saturated carbocycles. The van der Waals surface area contributed by atoms with Crippen molar-refractivity contribution in [3.8, 4) is 0 Å². The van der Waals surface area contributed by atoms with Gasteiger partial charge in [-0.2, -0.15) is 0 Å². The number of rotatable bonds is 51. The van der Waals surface area contributed by atoms with Gasteiger partial charge in [-0.3, -0.25) is 14.4 Å². The van der Waals surface area contributed by atoms with Crippen LogP contribution in [0.1, 0.15) is 265 Å². The third kappa shape index (κ3) is 55.1. The Hall–Kier alpha value is -3.67. The molecule has 0 radical (unpaired) electrons. The van der Waals surface area contributed by atoms with Crippen molar-refractivity contribution in [2.75, 3.05) is 13.2 Å². The summed E-state index contributed by atoms with van der Waals surface area (Å²) in [4.78, 5) is 37.9. The Kier molecular flexibility index (Phi) is 53.9. The summed E-state index contributed by atoms with van der Waals surface area (Å²) in [6.45, 7) is 6.49. The van der Waals surface area contributed by atoms with Gasteiger partial charge in [0.2, 0.25) is 0 Å². The van der Waals surface area contributed by atoms with Gasteiger partial charge in [-0.1, -0.05) is 259 Å². The molecule has 69 heavy (non-hydrogen) atoms. The van der Waals surface area contributed by atoms with E-state index in [0.29, 0.717) is 19.3 Å². The smallest absolute Gasteiger partial charge is 0.306 e. The lowest BCUT2D eigenvalue weighted by Gasteiger charge is -2.18. The fourth-order valence-corrected chi connectivity index (χ4v) is 7.81. The summed E-state index contributed by atoms with van der Waals surface area (Å²) in [5, 5.41) is 0. The van der Waals surface area contributed by atoms with Crippen molar-refractivity contribution in [2.45, 2.75) is 271 Å². The second-order valence-electron chi connectivity index (χ2n) is 18.8. The maximum atomic E-state index is 12.8. The van der Waals surface area contributed by atoms with Gasteiger partial charge in [0.05, 0.1) is 0 Å². The molecule has 0 rings (SSSR count). The molecule has 6 heteroatoms. The largest absolute Gasteiger partial charge is 0.462 e. The number of unbranched alkanes of at least 4 members (excludes halogenated alkanes) is 24. The highest BCUT2D eigenvalue weighted by Crippen LogP contribution is 2.15. The lowest BCUT2D eigenvalue weighted by atomic mass is 10.1. The van der Waals surface area contributed by atoms with Gasteiger partial charge in [0.15, 0.2) is 6.10 Å². The number of carbonyl (C=O) groups excluding carboxylic acids is 3. The zero-order valence-corrected chi connectivity index (χ0v) is 45.0. The van der Waals surface area contributed by atoms with Crippen molar-refractivity contribution in [1.29, 1.82) is 0 Å². The topological polar surface area (TPSA) is 78.9 Å². The molecular formula is C63H106O6. The van der Waals surface area contributed by atoms with Gasteiger partial charge in [0.25, 0.3) is 0 Å². The third-order valence-electron chi connectivity index (χ3n) is 12.1. The Labute approximate surface area is 426 Å². The molecule has 0 aromatic rings. The molecule has 0 heterocycles. The van der Waals surface area contributed by atoms with Crippen molar-refractivity contribution in [3.05, 3.63) is 97.2 Å². The molecule has 6 nitrogen and oxygen atoms in total. The van der Waals surface area contributed by atoms with Crippen LogP contribution in [-0.2, 0) is 28.6 Å². The Bertz CT molecular complexity index is 1380. The standard InChI is InChI=1S/C63H106O6/c1-4-7-10-13-16-19-21-22-23-24-25-26-27-28-29-30-31-32-33-34-35-36-37-38-39-40-42-44-47-50-53-56-62(65)68-59-60(58-67-61(64)55-52-49-46-43-18-15-12-9-6-3)69-63(66)57-54-51-48-45-41-20-17-14-11-8-5-2/h7,10,16,19,22-23,25-26,28-29,31-32,34-35,37-38,60H,4-6,8-9,11-15,17-18,20-21,24,27,30,33,36,39-59H2,1-3H3/b10-7-,19-16-,23-22-,26-25-,29-28-,32-31-,35-34-,38-37-. The number of allylic oxidation sites excluding steroid dienone is 16. The molecule has 0 bridgehead atoms. The first kappa shape index (κ1) is 65.3. The van der Waals surface area contributed by atoms with Crippen molar-refractivity contribution in [1.82, 2.24) is 0 Å². The quantitative estimate of drug-likeness (QED) is 0.0262. The van der Waals surface area contributed by atoms with Crippen LogP contribution in [0.2, 0.25) is 0 Å². The van der Waals surface area contributed by atoms with E-state index in [1.54, 1.807) is 0 Å². The van der Waals surface area contributed by atoms with E-state index in [2.05, 4.69) is 118 Å². The van der Waals surface area contributed by atoms with Crippen LogP contribution in [-0.4, -0.2) is 37.2 Å². The minimum Gasteiger partial charge on any atom is -0.462 e. The Morgan fingerprint density at radius 2 is 0.565 bits per heavy atom. The van der Waals surface area contributed by atoms with Gasteiger partial charge >= 0.3 is 17.9 Å². The minimum absolute atomic E-state index is 0.0789. The molecule has 0 aromatic carbocycles. The average molecular weight is 960 g/mol. The lowest BCUT2D eigenvalue weighted by molar-refractivity contribution is -0.167. The molecule has 0 spiro atoms. The summed E-state index contributed by atoms with van der Waals surface area (Å²) in [7, 11) is 0. The number of esters is 3. The van der Waals surface area contributed by atoms with E-state index in [1.165, 1.54) is 103 Å². The number of ether oxygens (including phenoxy) is 3. The van der Waals surface area contributed by atoms with E-state index in [9.17, 15) is 14.4 Å². The number of hydrogen-bond acceptors (Lipinski definition) is 6. The van der Waals surface area contributed by atoms with Crippen LogP contribution in [0.4, 0.5) is 0 Å². The van der Waals surface area contributed by atoms with Crippen LogP contribution >= 0.6 is 0 Å². The maximum Gasteiger partial charge on any atom is 0.306 e. The first-order chi connectivity index (χ1) is 34.0. The van der Waals surface area contributed by atoms with Crippen LogP contribution in [0, 0.1) is 0 Å². The normalized spacial score (nSPS) is 12.8. The molecular weight excluding hydrogens is 853 g/mol. The molecule has 0 N–H and O–H groups in total. The summed E-state index contributed by atoms with van der Waals surface area (Å²) >= 11 is 0. The highest BCUT2D eigenvalue weighted by atomic mass is 16.6. The Morgan fingerprint density at radius 3 is 0.884 bits per heavy atom. The third-order valence-corrected chi connectivity index (χ3v) is 12.1. The first-order valence-corrected chi connectivity index (χ1v) is 28.7. The highest BCUT2D eigenvalue weighted by Gasteiger charge is 2.19. The Balaban J connectivity index is 4.19. The van der Waals surface area contributed by atoms with Crippen LogP contribution in [0.5, 0.6) is 0 Å². The average Bonchev–Trinajstić information content (AvgIpc) is 3.35. The van der Waals surface area contributed by atoms with Crippen molar-refractivity contribution < 1.29 is 28.6 Å². The summed E-state index contributed by atoms with van der Waals surface area (Å²) in [5.74, 6) is -0.895. The van der Waals surface area contributed by atoms with Crippen LogP contribution in [0.25, 0.3) is 0 Å². The van der Waals surface area contributed by atoms with Gasteiger partial charge in [-0.05, 0) is 83.5 Å². The van der Waals surface area contributed by atoms with Crippen LogP contribution in [0.3, 0.4) is 0 Å². The van der Waals surface area contributed by atoms with Crippen molar-refractivity contribution >= 4 is 17.9 Å². The molecule has 1 atom stereocenters. The van der Waals surface area contributed by atoms with Gasteiger partial charge in [-0.15, -0.1) is 0 Å². The molecule has 0 aliphatic heterocycles. The summed E-state index contributed by atoms with van der Waals surface area (Å²) in [5.41, 5.74) is 0. The maximum absolute atomic E-state index is 12.8. The monoisotopic (exact) mass is 959 g/mol. The molecule has 0 fully saturated rings. The SMILES string of the molecule is CC/C=C\C/C=C\C/C=C\C/C=C\C/C=C\C/C=C\C/C=C\C/C=C\CCCCCCCCC(=O)OCC(COC(=O)CCCCCCCCCCC)OC(=O)CCCCCCCCCCCCC. The molecule has 0 aliphatic carbocycles. The molecule has 1 unspecified atom stereocenters. The van der Waals surface area contributed by atoms with Crippen molar-refractivity contribution in [3.63, 3.8) is 0 Å². The second-order valence-corrected chi connectivity index (χ2v) is 18.8. The van der Waals surface area contributed by atoms with Gasteiger partial charge < -0.3 is 14.2 Å². The predicted octanol–water partition coefficient (Wildman–Crippen LogP) is 19.3. The summed E-state index contributed by atoms with van der Waals surface area (Å²) < 4.78 is 16.8. The van der Waals surface area contributed by atoms with E-state index in [1.807, 2.05) is 0 Å². The minimum atomic E-state index is -0.778. The fourth-order valence-electron chi connectivity index (χ4n) is 7.81. The van der Waals surface area contributed by atoms with E-state index in [4.69, 9.17) is 14.2 Å². The molecule has 0 saturated heterocycles. The highest BCUT2D eigenvalue weighted by molar-refractivity contribution is 5.71. The van der Waals surface area contributed by atoms with E-state index < -0.39 is 6.10 Å². The zero-order chi connectivity index (χ0) is 50.0. The molecule has 0 aromatic heterocycles. The van der Waals surface area contributed by atoms with E-state index in [-0.39, 0.29) is 31.1 Å². The predicted molar refractivity (Wildman–Crippen MR) is 297 cm³/mol. The summed E-state index contributed by atoms with van der Waals surface area (Å²) in [6, 6.07) is 0. The number of hydrogen-bond donors (Lipinski definition) is 0. The van der Waals surface area contributed by atoms with E-state index >= 15 is 0 Å². The molecule has 0 aliphatic rings. The zero-order valence-electron chi connectivity index (χ0n) is 45.0. The second kappa shape index (κ2) is 56.9. The van der Waals surface area contributed by atoms with Crippen LogP contribution < -0.4 is 0 Å².